The van der Waals surface area contributed by atoms with Crippen LogP contribution in [0.3, 0.4) is 0 Å². The number of aromatic nitrogens is 2. The molecule has 0 bridgehead atoms. The second-order valence-electron chi connectivity index (χ2n) is 4.97. The molecule has 0 atom stereocenters. The minimum atomic E-state index is -0.335. The largest absolute Gasteiger partial charge is 0.350 e. The molecule has 1 aromatic rings. The van der Waals surface area contributed by atoms with Gasteiger partial charge in [0.15, 0.2) is 0 Å². The van der Waals surface area contributed by atoms with Gasteiger partial charge in [-0.25, -0.2) is 5.10 Å². The van der Waals surface area contributed by atoms with E-state index in [-0.39, 0.29) is 23.1 Å². The molecule has 1 aliphatic rings. The fourth-order valence-corrected chi connectivity index (χ4v) is 2.25. The number of amides is 2. The summed E-state index contributed by atoms with van der Waals surface area (Å²) >= 11 is 0. The van der Waals surface area contributed by atoms with Crippen LogP contribution in [0.1, 0.15) is 30.3 Å². The molecular formula is C13H18N4O3. The van der Waals surface area contributed by atoms with Gasteiger partial charge in [0.05, 0.1) is 0 Å². The van der Waals surface area contributed by atoms with Crippen molar-refractivity contribution in [3.8, 4) is 0 Å². The van der Waals surface area contributed by atoms with E-state index in [4.69, 9.17) is 0 Å². The third kappa shape index (κ3) is 3.66. The van der Waals surface area contributed by atoms with E-state index >= 15 is 0 Å². The smallest absolute Gasteiger partial charge is 0.271 e. The summed E-state index contributed by atoms with van der Waals surface area (Å²) in [7, 11) is 0. The summed E-state index contributed by atoms with van der Waals surface area (Å²) in [5.41, 5.74) is -0.135. The number of rotatable bonds is 3. The van der Waals surface area contributed by atoms with Gasteiger partial charge in [-0.1, -0.05) is 0 Å². The minimum absolute atomic E-state index is 0.102. The van der Waals surface area contributed by atoms with E-state index in [2.05, 4.69) is 15.5 Å². The molecule has 0 radical (unpaired) electrons. The normalized spacial score (nSPS) is 15.9. The van der Waals surface area contributed by atoms with Crippen LogP contribution in [0.5, 0.6) is 0 Å². The molecule has 1 saturated heterocycles. The number of nitrogens with zero attached hydrogens (tertiary/aromatic N) is 2. The molecule has 108 valence electrons. The lowest BCUT2D eigenvalue weighted by Crippen LogP contribution is -2.40. The highest BCUT2D eigenvalue weighted by Crippen LogP contribution is 2.16. The first kappa shape index (κ1) is 14.2. The zero-order valence-corrected chi connectivity index (χ0v) is 11.4. The maximum Gasteiger partial charge on any atom is 0.271 e. The standard InChI is InChI=1S/C13H18N4O3/c1-9(18)17-6-4-10(5-7-17)8-14-13(20)11-2-3-12(19)16-15-11/h2-3,10H,4-8H2,1H3,(H,14,20)(H,16,19). The SMILES string of the molecule is CC(=O)N1CCC(CNC(=O)c2ccc(=O)[nH]n2)CC1. The first-order valence-corrected chi connectivity index (χ1v) is 6.65. The Bertz CT molecular complexity index is 526. The van der Waals surface area contributed by atoms with Gasteiger partial charge in [-0.05, 0) is 24.8 Å². The van der Waals surface area contributed by atoms with E-state index in [0.717, 1.165) is 25.9 Å². The summed E-state index contributed by atoms with van der Waals surface area (Å²) in [6, 6.07) is 2.67. The van der Waals surface area contributed by atoms with Crippen molar-refractivity contribution in [2.75, 3.05) is 19.6 Å². The lowest BCUT2D eigenvalue weighted by molar-refractivity contribution is -0.130. The van der Waals surface area contributed by atoms with Gasteiger partial charge in [-0.15, -0.1) is 0 Å². The molecule has 1 aromatic heterocycles. The van der Waals surface area contributed by atoms with Crippen LogP contribution in [0.2, 0.25) is 0 Å². The summed E-state index contributed by atoms with van der Waals surface area (Å²) in [5, 5.41) is 8.71. The van der Waals surface area contributed by atoms with Crippen molar-refractivity contribution in [1.82, 2.24) is 20.4 Å². The molecule has 2 N–H and O–H groups in total. The number of carbonyl (C=O) groups excluding carboxylic acids is 2. The summed E-state index contributed by atoms with van der Waals surface area (Å²) in [5.74, 6) is 0.178. The monoisotopic (exact) mass is 278 g/mol. The van der Waals surface area contributed by atoms with Crippen LogP contribution in [0.25, 0.3) is 0 Å². The Kier molecular flexibility index (Phi) is 4.49. The van der Waals surface area contributed by atoms with Crippen molar-refractivity contribution in [2.24, 2.45) is 5.92 Å². The zero-order valence-electron chi connectivity index (χ0n) is 11.4. The molecule has 20 heavy (non-hydrogen) atoms. The third-order valence-electron chi connectivity index (χ3n) is 3.52. The first-order chi connectivity index (χ1) is 9.56. The van der Waals surface area contributed by atoms with Gasteiger partial charge < -0.3 is 10.2 Å². The molecule has 0 aromatic carbocycles. The van der Waals surface area contributed by atoms with E-state index in [1.54, 1.807) is 6.92 Å². The van der Waals surface area contributed by atoms with E-state index < -0.39 is 0 Å². The van der Waals surface area contributed by atoms with Gasteiger partial charge in [-0.3, -0.25) is 14.4 Å². The van der Waals surface area contributed by atoms with Crippen LogP contribution in [0.15, 0.2) is 16.9 Å². The second-order valence-corrected chi connectivity index (χ2v) is 4.97. The van der Waals surface area contributed by atoms with Crippen LogP contribution < -0.4 is 10.9 Å². The Balaban J connectivity index is 1.78. The fourth-order valence-electron chi connectivity index (χ4n) is 2.25. The first-order valence-electron chi connectivity index (χ1n) is 6.65. The van der Waals surface area contributed by atoms with Gasteiger partial charge in [0, 0.05) is 32.6 Å². The van der Waals surface area contributed by atoms with E-state index in [9.17, 15) is 14.4 Å². The van der Waals surface area contributed by atoms with Gasteiger partial charge >= 0.3 is 0 Å². The van der Waals surface area contributed by atoms with E-state index in [0.29, 0.717) is 12.5 Å². The number of hydrogen-bond donors (Lipinski definition) is 2. The highest BCUT2D eigenvalue weighted by atomic mass is 16.2. The molecule has 0 unspecified atom stereocenters. The van der Waals surface area contributed by atoms with Gasteiger partial charge in [0.25, 0.3) is 11.5 Å². The third-order valence-corrected chi connectivity index (χ3v) is 3.52. The average molecular weight is 278 g/mol. The van der Waals surface area contributed by atoms with Crippen LogP contribution in [0.4, 0.5) is 0 Å². The molecule has 2 amide bonds. The lowest BCUT2D eigenvalue weighted by Gasteiger charge is -2.31. The van der Waals surface area contributed by atoms with Crippen molar-refractivity contribution in [2.45, 2.75) is 19.8 Å². The topological polar surface area (TPSA) is 95.2 Å². The molecule has 7 heteroatoms. The maximum atomic E-state index is 11.8. The number of H-pyrrole nitrogens is 1. The van der Waals surface area contributed by atoms with Crippen LogP contribution >= 0.6 is 0 Å². The Morgan fingerprint density at radius 1 is 1.40 bits per heavy atom. The van der Waals surface area contributed by atoms with Crippen molar-refractivity contribution < 1.29 is 9.59 Å². The lowest BCUT2D eigenvalue weighted by atomic mass is 9.97. The zero-order chi connectivity index (χ0) is 14.5. The second kappa shape index (κ2) is 6.31. The van der Waals surface area contributed by atoms with Crippen molar-refractivity contribution in [1.29, 1.82) is 0 Å². The average Bonchev–Trinajstić information content (AvgIpc) is 2.46. The van der Waals surface area contributed by atoms with Crippen molar-refractivity contribution in [3.63, 3.8) is 0 Å². The number of hydrogen-bond acceptors (Lipinski definition) is 4. The number of piperidine rings is 1. The highest BCUT2D eigenvalue weighted by Gasteiger charge is 2.21. The number of carbonyl (C=O) groups is 2. The van der Waals surface area contributed by atoms with Crippen molar-refractivity contribution in [3.05, 3.63) is 28.2 Å². The molecular weight excluding hydrogens is 260 g/mol. The van der Waals surface area contributed by atoms with Crippen LogP contribution in [-0.2, 0) is 4.79 Å². The fraction of sp³-hybridized carbons (Fsp3) is 0.538. The summed E-state index contributed by atoms with van der Waals surface area (Å²) in [4.78, 5) is 35.7. The molecule has 0 aliphatic carbocycles. The quantitative estimate of drug-likeness (QED) is 0.797. The molecule has 1 fully saturated rings. The summed E-state index contributed by atoms with van der Waals surface area (Å²) in [6.45, 7) is 3.62. The molecule has 2 rings (SSSR count). The Labute approximate surface area is 116 Å². The number of aromatic amines is 1. The van der Waals surface area contributed by atoms with Crippen LogP contribution in [-0.4, -0.2) is 46.5 Å². The van der Waals surface area contributed by atoms with Crippen molar-refractivity contribution >= 4 is 11.8 Å². The Hall–Kier alpha value is -2.18. The number of likely N-dealkylation sites (tertiary alicyclic amines) is 1. The van der Waals surface area contributed by atoms with Gasteiger partial charge in [0.2, 0.25) is 5.91 Å². The molecule has 0 saturated carbocycles. The minimum Gasteiger partial charge on any atom is -0.350 e. The molecule has 0 spiro atoms. The van der Waals surface area contributed by atoms with Gasteiger partial charge in [0.1, 0.15) is 5.69 Å². The molecule has 7 nitrogen and oxygen atoms in total. The Morgan fingerprint density at radius 3 is 2.65 bits per heavy atom. The number of nitrogens with one attached hydrogen (secondary N) is 2. The van der Waals surface area contributed by atoms with Crippen LogP contribution in [0, 0.1) is 5.92 Å². The highest BCUT2D eigenvalue weighted by molar-refractivity contribution is 5.91. The summed E-state index contributed by atoms with van der Waals surface area (Å²) < 4.78 is 0. The molecule has 2 heterocycles. The van der Waals surface area contributed by atoms with E-state index in [1.165, 1.54) is 12.1 Å². The Morgan fingerprint density at radius 2 is 2.10 bits per heavy atom. The predicted octanol–water partition coefficient (Wildman–Crippen LogP) is -0.242. The maximum absolute atomic E-state index is 11.8. The summed E-state index contributed by atoms with van der Waals surface area (Å²) in [6.07, 6.45) is 1.78. The molecule has 1 aliphatic heterocycles. The van der Waals surface area contributed by atoms with Gasteiger partial charge in [-0.2, -0.15) is 5.10 Å². The predicted molar refractivity (Wildman–Crippen MR) is 72.2 cm³/mol. The van der Waals surface area contributed by atoms with E-state index in [1.807, 2.05) is 4.90 Å².